The van der Waals surface area contributed by atoms with E-state index in [4.69, 9.17) is 23.2 Å². The number of carbonyl (C=O) groups excluding carboxylic acids is 2. The van der Waals surface area contributed by atoms with E-state index in [1.807, 2.05) is 0 Å². The van der Waals surface area contributed by atoms with Gasteiger partial charge in [-0.05, 0) is 67.8 Å². The molecule has 1 unspecified atom stereocenters. The molecule has 0 radical (unpaired) electrons. The van der Waals surface area contributed by atoms with Crippen molar-refractivity contribution < 1.29 is 18.0 Å². The first-order valence-corrected chi connectivity index (χ1v) is 14.4. The lowest BCUT2D eigenvalue weighted by molar-refractivity contribution is -0.140. The van der Waals surface area contributed by atoms with Crippen molar-refractivity contribution in [3.63, 3.8) is 0 Å². The number of anilines is 1. The maximum Gasteiger partial charge on any atom is 0.264 e. The standard InChI is InChI=1S/C28H31Cl2N3O4S/c1-4-25(28(35)31-5-2)32(18-21-11-9-10-14-24(21)30)27(34)19-33(26-16-15-22(29)17-20(26)3)38(36,37)23-12-7-6-8-13-23/h6-17,25H,4-5,18-19H2,1-3H3,(H,31,35). The van der Waals surface area contributed by atoms with E-state index >= 15 is 0 Å². The molecule has 0 aliphatic rings. The van der Waals surface area contributed by atoms with Gasteiger partial charge in [0.2, 0.25) is 11.8 Å². The number of hydrogen-bond acceptors (Lipinski definition) is 4. The number of hydrogen-bond donors (Lipinski definition) is 1. The lowest BCUT2D eigenvalue weighted by atomic mass is 10.1. The topological polar surface area (TPSA) is 86.8 Å². The number of nitrogens with zero attached hydrogens (tertiary/aromatic N) is 2. The van der Waals surface area contributed by atoms with Crippen LogP contribution in [0.25, 0.3) is 0 Å². The van der Waals surface area contributed by atoms with Gasteiger partial charge >= 0.3 is 0 Å². The molecule has 2 amide bonds. The van der Waals surface area contributed by atoms with Gasteiger partial charge in [0.1, 0.15) is 12.6 Å². The highest BCUT2D eigenvalue weighted by molar-refractivity contribution is 7.92. The smallest absolute Gasteiger partial charge is 0.264 e. The third-order valence-corrected chi connectivity index (χ3v) is 8.45. The maximum absolute atomic E-state index is 14.0. The summed E-state index contributed by atoms with van der Waals surface area (Å²) in [6.45, 7) is 5.22. The quantitative estimate of drug-likeness (QED) is 0.330. The zero-order valence-corrected chi connectivity index (χ0v) is 23.9. The first-order valence-electron chi connectivity index (χ1n) is 12.2. The van der Waals surface area contributed by atoms with Crippen LogP contribution in [0.3, 0.4) is 0 Å². The molecule has 0 aliphatic carbocycles. The molecule has 38 heavy (non-hydrogen) atoms. The fourth-order valence-electron chi connectivity index (χ4n) is 4.15. The van der Waals surface area contributed by atoms with Gasteiger partial charge in [0.15, 0.2) is 0 Å². The van der Waals surface area contributed by atoms with Crippen LogP contribution in [-0.2, 0) is 26.2 Å². The second-order valence-electron chi connectivity index (χ2n) is 8.69. The Bertz CT molecular complexity index is 1380. The van der Waals surface area contributed by atoms with Crippen molar-refractivity contribution in [1.82, 2.24) is 10.2 Å². The number of nitrogens with one attached hydrogen (secondary N) is 1. The van der Waals surface area contributed by atoms with Crippen LogP contribution in [0, 0.1) is 6.92 Å². The number of sulfonamides is 1. The summed E-state index contributed by atoms with van der Waals surface area (Å²) in [5, 5.41) is 3.66. The average Bonchev–Trinajstić information content (AvgIpc) is 2.89. The molecule has 0 bridgehead atoms. The van der Waals surface area contributed by atoms with Crippen LogP contribution in [0.1, 0.15) is 31.4 Å². The highest BCUT2D eigenvalue weighted by Gasteiger charge is 2.34. The van der Waals surface area contributed by atoms with E-state index in [9.17, 15) is 18.0 Å². The fraction of sp³-hybridized carbons (Fsp3) is 0.286. The van der Waals surface area contributed by atoms with Gasteiger partial charge in [-0.3, -0.25) is 13.9 Å². The van der Waals surface area contributed by atoms with E-state index < -0.39 is 28.5 Å². The Balaban J connectivity index is 2.10. The van der Waals surface area contributed by atoms with Crippen molar-refractivity contribution >= 4 is 50.7 Å². The molecule has 3 aromatic rings. The van der Waals surface area contributed by atoms with Crippen molar-refractivity contribution in [1.29, 1.82) is 0 Å². The van der Waals surface area contributed by atoms with Crippen molar-refractivity contribution in [2.75, 3.05) is 17.4 Å². The Morgan fingerprint density at radius 2 is 1.61 bits per heavy atom. The summed E-state index contributed by atoms with van der Waals surface area (Å²) in [6.07, 6.45) is 0.327. The molecule has 0 saturated heterocycles. The number of carbonyl (C=O) groups is 2. The summed E-state index contributed by atoms with van der Waals surface area (Å²) in [5.74, 6) is -0.868. The van der Waals surface area contributed by atoms with Gasteiger partial charge in [0.25, 0.3) is 10.0 Å². The van der Waals surface area contributed by atoms with Gasteiger partial charge in [-0.1, -0.05) is 66.5 Å². The first kappa shape index (κ1) is 29.5. The summed E-state index contributed by atoms with van der Waals surface area (Å²) in [7, 11) is -4.15. The number of aryl methyl sites for hydroxylation is 1. The van der Waals surface area contributed by atoms with Crippen LogP contribution in [0.4, 0.5) is 5.69 Å². The van der Waals surface area contributed by atoms with Crippen LogP contribution < -0.4 is 9.62 Å². The van der Waals surface area contributed by atoms with E-state index in [2.05, 4.69) is 5.32 Å². The van der Waals surface area contributed by atoms with Gasteiger partial charge in [0.05, 0.1) is 10.6 Å². The second-order valence-corrected chi connectivity index (χ2v) is 11.4. The van der Waals surface area contributed by atoms with Gasteiger partial charge in [-0.25, -0.2) is 8.42 Å². The van der Waals surface area contributed by atoms with E-state index in [1.165, 1.54) is 17.0 Å². The molecule has 1 atom stereocenters. The largest absolute Gasteiger partial charge is 0.355 e. The molecule has 202 valence electrons. The van der Waals surface area contributed by atoms with Crippen LogP contribution in [0.15, 0.2) is 77.7 Å². The number of halogens is 2. The van der Waals surface area contributed by atoms with E-state index in [0.29, 0.717) is 39.8 Å². The SMILES string of the molecule is CCNC(=O)C(CC)N(Cc1ccccc1Cl)C(=O)CN(c1ccc(Cl)cc1C)S(=O)(=O)c1ccccc1. The van der Waals surface area contributed by atoms with Crippen molar-refractivity contribution in [2.24, 2.45) is 0 Å². The predicted octanol–water partition coefficient (Wildman–Crippen LogP) is 5.44. The van der Waals surface area contributed by atoms with E-state index in [1.54, 1.807) is 81.4 Å². The molecule has 0 saturated carbocycles. The molecular weight excluding hydrogens is 545 g/mol. The highest BCUT2D eigenvalue weighted by atomic mass is 35.5. The molecule has 0 aliphatic heterocycles. The van der Waals surface area contributed by atoms with E-state index in [0.717, 1.165) is 4.31 Å². The molecular formula is C28H31Cl2N3O4S. The van der Waals surface area contributed by atoms with Crippen LogP contribution >= 0.6 is 23.2 Å². The summed E-state index contributed by atoms with van der Waals surface area (Å²) in [6, 6.07) is 18.9. The zero-order valence-electron chi connectivity index (χ0n) is 21.5. The minimum absolute atomic E-state index is 0.0347. The third-order valence-electron chi connectivity index (χ3n) is 6.07. The molecule has 0 heterocycles. The van der Waals surface area contributed by atoms with Crippen molar-refractivity contribution in [3.05, 3.63) is 94.0 Å². The summed E-state index contributed by atoms with van der Waals surface area (Å²) in [5.41, 5.74) is 1.54. The lowest BCUT2D eigenvalue weighted by Gasteiger charge is -2.33. The monoisotopic (exact) mass is 575 g/mol. The van der Waals surface area contributed by atoms with Crippen LogP contribution in [0.2, 0.25) is 10.0 Å². The first-order chi connectivity index (χ1) is 18.1. The summed E-state index contributed by atoms with van der Waals surface area (Å²) < 4.78 is 28.7. The molecule has 10 heteroatoms. The Morgan fingerprint density at radius 1 is 0.947 bits per heavy atom. The minimum atomic E-state index is -4.15. The predicted molar refractivity (Wildman–Crippen MR) is 152 cm³/mol. The van der Waals surface area contributed by atoms with Gasteiger partial charge < -0.3 is 10.2 Å². The van der Waals surface area contributed by atoms with Crippen LogP contribution in [0.5, 0.6) is 0 Å². The Morgan fingerprint density at radius 3 is 2.21 bits per heavy atom. The Kier molecular flexibility index (Phi) is 10.2. The lowest BCUT2D eigenvalue weighted by Crippen LogP contribution is -2.52. The number of benzene rings is 3. The third kappa shape index (κ3) is 6.87. The Labute approximate surface area is 234 Å². The van der Waals surface area contributed by atoms with Gasteiger partial charge in [-0.2, -0.15) is 0 Å². The molecule has 3 rings (SSSR count). The molecule has 1 N–H and O–H groups in total. The second kappa shape index (κ2) is 13.1. The molecule has 0 spiro atoms. The normalized spacial score (nSPS) is 12.0. The number of likely N-dealkylation sites (N-methyl/N-ethyl adjacent to an activating group) is 1. The van der Waals surface area contributed by atoms with Crippen molar-refractivity contribution in [3.8, 4) is 0 Å². The molecule has 3 aromatic carbocycles. The van der Waals surface area contributed by atoms with Gasteiger partial charge in [0, 0.05) is 23.1 Å². The zero-order chi connectivity index (χ0) is 27.9. The molecule has 0 fully saturated rings. The molecule has 7 nitrogen and oxygen atoms in total. The average molecular weight is 577 g/mol. The van der Waals surface area contributed by atoms with Crippen molar-refractivity contribution in [2.45, 2.75) is 44.7 Å². The Hall–Kier alpha value is -3.07. The summed E-state index contributed by atoms with van der Waals surface area (Å²) in [4.78, 5) is 28.4. The number of amides is 2. The fourth-order valence-corrected chi connectivity index (χ4v) is 6.08. The summed E-state index contributed by atoms with van der Waals surface area (Å²) >= 11 is 12.5. The highest BCUT2D eigenvalue weighted by Crippen LogP contribution is 2.29. The van der Waals surface area contributed by atoms with E-state index in [-0.39, 0.29) is 17.3 Å². The van der Waals surface area contributed by atoms with Crippen LogP contribution in [-0.4, -0.2) is 44.3 Å². The molecule has 0 aromatic heterocycles. The maximum atomic E-state index is 14.0. The number of rotatable bonds is 11. The van der Waals surface area contributed by atoms with Gasteiger partial charge in [-0.15, -0.1) is 0 Å². The minimum Gasteiger partial charge on any atom is -0.355 e.